The van der Waals surface area contributed by atoms with Crippen LogP contribution in [-0.2, 0) is 4.79 Å². The first-order valence-corrected chi connectivity index (χ1v) is 7.88. The molecule has 1 fully saturated rings. The van der Waals surface area contributed by atoms with Gasteiger partial charge in [0.05, 0.1) is 5.69 Å². The van der Waals surface area contributed by atoms with Crippen LogP contribution in [0.3, 0.4) is 0 Å². The van der Waals surface area contributed by atoms with Crippen LogP contribution in [0.4, 0.5) is 10.1 Å². The van der Waals surface area contributed by atoms with Crippen LogP contribution in [-0.4, -0.2) is 11.0 Å². The number of amides is 1. The van der Waals surface area contributed by atoms with E-state index in [2.05, 4.69) is 5.32 Å². The Balaban J connectivity index is 1.85. The highest BCUT2D eigenvalue weighted by Crippen LogP contribution is 2.23. The molecule has 0 atom stereocenters. The van der Waals surface area contributed by atoms with Gasteiger partial charge in [-0.3, -0.25) is 9.69 Å². The van der Waals surface area contributed by atoms with Crippen molar-refractivity contribution in [3.05, 3.63) is 82.8 Å². The highest BCUT2D eigenvalue weighted by molar-refractivity contribution is 7.80. The predicted octanol–water partition coefficient (Wildman–Crippen LogP) is 4.21. The third-order valence-corrected chi connectivity index (χ3v) is 3.85. The van der Waals surface area contributed by atoms with Gasteiger partial charge in [-0.25, -0.2) is 4.39 Å². The number of anilines is 1. The van der Waals surface area contributed by atoms with E-state index >= 15 is 0 Å². The van der Waals surface area contributed by atoms with Gasteiger partial charge in [-0.15, -0.1) is 0 Å². The van der Waals surface area contributed by atoms with Crippen LogP contribution in [0.2, 0.25) is 0 Å². The van der Waals surface area contributed by atoms with Crippen LogP contribution in [0.1, 0.15) is 5.56 Å². The van der Waals surface area contributed by atoms with E-state index in [1.54, 1.807) is 6.08 Å². The number of nitrogens with zero attached hydrogens (tertiary/aromatic N) is 1. The number of hydrogen-bond donors (Lipinski definition) is 1. The summed E-state index contributed by atoms with van der Waals surface area (Å²) in [5.41, 5.74) is 1.68. The third kappa shape index (κ3) is 3.53. The largest absolute Gasteiger partial charge is 0.327 e. The second kappa shape index (κ2) is 6.95. The fraction of sp³-hybridized carbons (Fsp3) is 0. The third-order valence-electron chi connectivity index (χ3n) is 3.35. The molecule has 1 aliphatic heterocycles. The molecule has 0 aromatic heterocycles. The molecular formula is C18H12ClFN2OS. The zero-order chi connectivity index (χ0) is 17.1. The number of hydrogen-bond acceptors (Lipinski definition) is 2. The molecule has 0 spiro atoms. The molecule has 2 aromatic rings. The van der Waals surface area contributed by atoms with Crippen molar-refractivity contribution >= 4 is 46.6 Å². The first kappa shape index (κ1) is 16.4. The van der Waals surface area contributed by atoms with Gasteiger partial charge in [-0.05, 0) is 54.2 Å². The summed E-state index contributed by atoms with van der Waals surface area (Å²) >= 11 is 11.4. The topological polar surface area (TPSA) is 32.3 Å². The summed E-state index contributed by atoms with van der Waals surface area (Å²) in [7, 11) is 0. The van der Waals surface area contributed by atoms with Crippen molar-refractivity contribution < 1.29 is 9.18 Å². The highest BCUT2D eigenvalue weighted by atomic mass is 35.5. The molecule has 6 heteroatoms. The minimum absolute atomic E-state index is 0.224. The second-order valence-electron chi connectivity index (χ2n) is 5.05. The zero-order valence-corrected chi connectivity index (χ0v) is 13.9. The van der Waals surface area contributed by atoms with Crippen LogP contribution in [0.5, 0.6) is 0 Å². The smallest absolute Gasteiger partial charge is 0.281 e. The van der Waals surface area contributed by atoms with E-state index in [0.29, 0.717) is 10.7 Å². The molecule has 24 heavy (non-hydrogen) atoms. The van der Waals surface area contributed by atoms with Crippen molar-refractivity contribution in [1.82, 2.24) is 5.32 Å². The average molecular weight is 359 g/mol. The van der Waals surface area contributed by atoms with Crippen molar-refractivity contribution in [2.24, 2.45) is 0 Å². The maximum absolute atomic E-state index is 13.0. The van der Waals surface area contributed by atoms with Crippen LogP contribution in [0.25, 0.3) is 6.08 Å². The van der Waals surface area contributed by atoms with Gasteiger partial charge in [0, 0.05) is 5.03 Å². The molecule has 2 aromatic carbocycles. The summed E-state index contributed by atoms with van der Waals surface area (Å²) in [5, 5.41) is 3.45. The molecule has 1 aliphatic rings. The quantitative estimate of drug-likeness (QED) is 0.659. The maximum Gasteiger partial charge on any atom is 0.281 e. The van der Waals surface area contributed by atoms with Crippen LogP contribution >= 0.6 is 23.8 Å². The van der Waals surface area contributed by atoms with Gasteiger partial charge < -0.3 is 5.32 Å². The number of halogens is 2. The SMILES string of the molecule is O=C1/C(=C\C(Cl)=C\c2ccccc2)NC(=S)N1c1ccc(F)cc1. The number of carbonyl (C=O) groups is 1. The molecule has 1 N–H and O–H groups in total. The van der Waals surface area contributed by atoms with Crippen molar-refractivity contribution in [3.63, 3.8) is 0 Å². The lowest BCUT2D eigenvalue weighted by Crippen LogP contribution is -2.30. The number of benzene rings is 2. The average Bonchev–Trinajstić information content (AvgIpc) is 2.83. The minimum Gasteiger partial charge on any atom is -0.327 e. The van der Waals surface area contributed by atoms with E-state index < -0.39 is 0 Å². The summed E-state index contributed by atoms with van der Waals surface area (Å²) in [5.74, 6) is -0.722. The van der Waals surface area contributed by atoms with Crippen molar-refractivity contribution in [2.45, 2.75) is 0 Å². The van der Waals surface area contributed by atoms with Crippen LogP contribution in [0, 0.1) is 5.82 Å². The molecule has 120 valence electrons. The van der Waals surface area contributed by atoms with E-state index in [0.717, 1.165) is 5.56 Å². The molecule has 1 heterocycles. The van der Waals surface area contributed by atoms with Gasteiger partial charge in [0.25, 0.3) is 5.91 Å². The summed E-state index contributed by atoms with van der Waals surface area (Å²) in [6, 6.07) is 15.0. The van der Waals surface area contributed by atoms with Crippen molar-refractivity contribution in [1.29, 1.82) is 0 Å². The Hall–Kier alpha value is -2.50. The zero-order valence-electron chi connectivity index (χ0n) is 12.4. The Labute approximate surface area is 149 Å². The molecule has 0 unspecified atom stereocenters. The van der Waals surface area contributed by atoms with Gasteiger partial charge in [0.1, 0.15) is 11.5 Å². The van der Waals surface area contributed by atoms with Crippen molar-refractivity contribution in [2.75, 3.05) is 4.90 Å². The standard InChI is InChI=1S/C18H12ClFN2OS/c19-13(10-12-4-2-1-3-5-12)11-16-17(23)22(18(24)21-16)15-8-6-14(20)7-9-15/h1-11H,(H,21,24)/b13-10-,16-11+. The molecule has 0 saturated carbocycles. The van der Waals surface area contributed by atoms with E-state index in [1.807, 2.05) is 30.3 Å². The molecule has 0 radical (unpaired) electrons. The summed E-state index contributed by atoms with van der Waals surface area (Å²) in [4.78, 5) is 13.8. The lowest BCUT2D eigenvalue weighted by Gasteiger charge is -2.13. The second-order valence-corrected chi connectivity index (χ2v) is 5.87. The van der Waals surface area contributed by atoms with Crippen LogP contribution in [0.15, 0.2) is 71.4 Å². The maximum atomic E-state index is 13.0. The Morgan fingerprint density at radius 1 is 1.12 bits per heavy atom. The van der Waals surface area contributed by atoms with Gasteiger partial charge in [0.15, 0.2) is 5.11 Å². The Kier molecular flexibility index (Phi) is 4.74. The number of allylic oxidation sites excluding steroid dienone is 2. The van der Waals surface area contributed by atoms with E-state index in [9.17, 15) is 9.18 Å². The minimum atomic E-state index is -0.381. The molecule has 3 nitrogen and oxygen atoms in total. The molecule has 0 bridgehead atoms. The monoisotopic (exact) mass is 358 g/mol. The van der Waals surface area contributed by atoms with E-state index in [1.165, 1.54) is 35.2 Å². The number of thiocarbonyl (C=S) groups is 1. The Morgan fingerprint density at radius 2 is 1.79 bits per heavy atom. The Morgan fingerprint density at radius 3 is 2.46 bits per heavy atom. The van der Waals surface area contributed by atoms with Gasteiger partial charge >= 0.3 is 0 Å². The number of rotatable bonds is 3. The lowest BCUT2D eigenvalue weighted by molar-refractivity contribution is -0.113. The van der Waals surface area contributed by atoms with Gasteiger partial charge in [0.2, 0.25) is 0 Å². The van der Waals surface area contributed by atoms with Crippen LogP contribution < -0.4 is 10.2 Å². The Bertz CT molecular complexity index is 847. The molecule has 3 rings (SSSR count). The van der Waals surface area contributed by atoms with E-state index in [4.69, 9.17) is 23.8 Å². The van der Waals surface area contributed by atoms with Gasteiger partial charge in [-0.1, -0.05) is 41.9 Å². The summed E-state index contributed by atoms with van der Waals surface area (Å²) < 4.78 is 13.0. The first-order chi connectivity index (χ1) is 11.5. The number of carbonyl (C=O) groups excluding carboxylic acids is 1. The van der Waals surface area contributed by atoms with Gasteiger partial charge in [-0.2, -0.15) is 0 Å². The molecular weight excluding hydrogens is 347 g/mol. The summed E-state index contributed by atoms with van der Waals surface area (Å²) in [6.07, 6.45) is 3.26. The molecule has 1 saturated heterocycles. The lowest BCUT2D eigenvalue weighted by atomic mass is 10.2. The molecule has 1 amide bonds. The molecule has 0 aliphatic carbocycles. The number of nitrogens with one attached hydrogen (secondary N) is 1. The van der Waals surface area contributed by atoms with E-state index in [-0.39, 0.29) is 22.5 Å². The highest BCUT2D eigenvalue weighted by Gasteiger charge is 2.31. The normalized spacial score (nSPS) is 16.7. The van der Waals surface area contributed by atoms with Crippen molar-refractivity contribution in [3.8, 4) is 0 Å². The summed E-state index contributed by atoms with van der Waals surface area (Å²) in [6.45, 7) is 0. The predicted molar refractivity (Wildman–Crippen MR) is 98.0 cm³/mol. The fourth-order valence-corrected chi connectivity index (χ4v) is 2.78. The first-order valence-electron chi connectivity index (χ1n) is 7.09. The fourth-order valence-electron chi connectivity index (χ4n) is 2.25.